The zero-order valence-electron chi connectivity index (χ0n) is 11.7. The minimum Gasteiger partial charge on any atom is -0.497 e. The SMILES string of the molecule is COc1cccc(CCCNC(=O)C(C)(C)C)c1. The van der Waals surface area contributed by atoms with Gasteiger partial charge in [-0.3, -0.25) is 4.79 Å². The molecule has 0 saturated carbocycles. The van der Waals surface area contributed by atoms with Crippen molar-refractivity contribution in [3.63, 3.8) is 0 Å². The van der Waals surface area contributed by atoms with Gasteiger partial charge in [0.25, 0.3) is 0 Å². The highest BCUT2D eigenvalue weighted by Crippen LogP contribution is 2.14. The third-order valence-electron chi connectivity index (χ3n) is 2.74. The summed E-state index contributed by atoms with van der Waals surface area (Å²) in [4.78, 5) is 11.6. The van der Waals surface area contributed by atoms with Gasteiger partial charge in [0.1, 0.15) is 5.75 Å². The minimum atomic E-state index is -0.310. The molecule has 0 unspecified atom stereocenters. The molecule has 100 valence electrons. The molecule has 0 atom stereocenters. The highest BCUT2D eigenvalue weighted by Gasteiger charge is 2.20. The van der Waals surface area contributed by atoms with E-state index in [0.717, 1.165) is 18.6 Å². The van der Waals surface area contributed by atoms with Gasteiger partial charge in [0, 0.05) is 12.0 Å². The molecule has 0 spiro atoms. The Hall–Kier alpha value is -1.51. The summed E-state index contributed by atoms with van der Waals surface area (Å²) in [5.41, 5.74) is 0.926. The van der Waals surface area contributed by atoms with Crippen LogP contribution in [-0.4, -0.2) is 19.6 Å². The van der Waals surface area contributed by atoms with Gasteiger partial charge in [-0.2, -0.15) is 0 Å². The van der Waals surface area contributed by atoms with Crippen LogP contribution in [0, 0.1) is 5.41 Å². The van der Waals surface area contributed by atoms with Gasteiger partial charge in [0.2, 0.25) is 5.91 Å². The Kier molecular flexibility index (Phi) is 5.20. The highest BCUT2D eigenvalue weighted by molar-refractivity contribution is 5.81. The van der Waals surface area contributed by atoms with Gasteiger partial charge >= 0.3 is 0 Å². The van der Waals surface area contributed by atoms with E-state index in [2.05, 4.69) is 11.4 Å². The fourth-order valence-electron chi connectivity index (χ4n) is 1.59. The molecule has 1 rings (SSSR count). The first-order valence-corrected chi connectivity index (χ1v) is 6.34. The maximum absolute atomic E-state index is 11.6. The molecule has 18 heavy (non-hydrogen) atoms. The number of carbonyl (C=O) groups excluding carboxylic acids is 1. The average molecular weight is 249 g/mol. The Morgan fingerprint density at radius 2 is 2.06 bits per heavy atom. The lowest BCUT2D eigenvalue weighted by molar-refractivity contribution is -0.128. The van der Waals surface area contributed by atoms with E-state index >= 15 is 0 Å². The smallest absolute Gasteiger partial charge is 0.225 e. The topological polar surface area (TPSA) is 38.3 Å². The van der Waals surface area contributed by atoms with E-state index in [4.69, 9.17) is 4.74 Å². The zero-order chi connectivity index (χ0) is 13.6. The fourth-order valence-corrected chi connectivity index (χ4v) is 1.59. The Labute approximate surface area is 110 Å². The van der Waals surface area contributed by atoms with Crippen LogP contribution in [0.5, 0.6) is 5.75 Å². The first-order chi connectivity index (χ1) is 8.43. The van der Waals surface area contributed by atoms with Crippen LogP contribution in [0.3, 0.4) is 0 Å². The number of carbonyl (C=O) groups is 1. The quantitative estimate of drug-likeness (QED) is 0.815. The summed E-state index contributed by atoms with van der Waals surface area (Å²) >= 11 is 0. The molecule has 0 bridgehead atoms. The summed E-state index contributed by atoms with van der Waals surface area (Å²) < 4.78 is 5.17. The second kappa shape index (κ2) is 6.43. The van der Waals surface area contributed by atoms with Crippen molar-refractivity contribution in [2.75, 3.05) is 13.7 Å². The van der Waals surface area contributed by atoms with E-state index in [1.165, 1.54) is 5.56 Å². The standard InChI is InChI=1S/C15H23NO2/c1-15(2,3)14(17)16-10-6-8-12-7-5-9-13(11-12)18-4/h5,7,9,11H,6,8,10H2,1-4H3,(H,16,17). The molecule has 0 aliphatic rings. The van der Waals surface area contributed by atoms with Gasteiger partial charge < -0.3 is 10.1 Å². The van der Waals surface area contributed by atoms with Crippen molar-refractivity contribution in [2.24, 2.45) is 5.41 Å². The molecular weight excluding hydrogens is 226 g/mol. The van der Waals surface area contributed by atoms with Crippen LogP contribution < -0.4 is 10.1 Å². The monoisotopic (exact) mass is 249 g/mol. The minimum absolute atomic E-state index is 0.105. The van der Waals surface area contributed by atoms with Gasteiger partial charge in [-0.05, 0) is 30.5 Å². The molecule has 1 aromatic carbocycles. The summed E-state index contributed by atoms with van der Waals surface area (Å²) in [6.07, 6.45) is 1.89. The van der Waals surface area contributed by atoms with Gasteiger partial charge in [-0.15, -0.1) is 0 Å². The lowest BCUT2D eigenvalue weighted by atomic mass is 9.95. The zero-order valence-corrected chi connectivity index (χ0v) is 11.7. The summed E-state index contributed by atoms with van der Waals surface area (Å²) in [6, 6.07) is 8.03. The predicted octanol–water partition coefficient (Wildman–Crippen LogP) is 2.79. The lowest BCUT2D eigenvalue weighted by Gasteiger charge is -2.17. The van der Waals surface area contributed by atoms with E-state index < -0.39 is 0 Å². The van der Waals surface area contributed by atoms with Crippen molar-refractivity contribution in [3.8, 4) is 5.75 Å². The van der Waals surface area contributed by atoms with Crippen LogP contribution in [0.15, 0.2) is 24.3 Å². The molecular formula is C15H23NO2. The maximum Gasteiger partial charge on any atom is 0.225 e. The van der Waals surface area contributed by atoms with Crippen molar-refractivity contribution < 1.29 is 9.53 Å². The summed E-state index contributed by atoms with van der Waals surface area (Å²) in [5, 5.41) is 2.95. The van der Waals surface area contributed by atoms with E-state index in [1.807, 2.05) is 39.0 Å². The molecule has 0 aliphatic heterocycles. The van der Waals surface area contributed by atoms with Crippen LogP contribution in [0.4, 0.5) is 0 Å². The highest BCUT2D eigenvalue weighted by atomic mass is 16.5. The van der Waals surface area contributed by atoms with E-state index in [1.54, 1.807) is 7.11 Å². The van der Waals surface area contributed by atoms with Crippen molar-refractivity contribution in [2.45, 2.75) is 33.6 Å². The summed E-state index contributed by atoms with van der Waals surface area (Å²) in [7, 11) is 1.67. The summed E-state index contributed by atoms with van der Waals surface area (Å²) in [6.45, 7) is 6.48. The molecule has 0 fully saturated rings. The molecule has 3 nitrogen and oxygen atoms in total. The Morgan fingerprint density at radius 3 is 2.67 bits per heavy atom. The second-order valence-electron chi connectivity index (χ2n) is 5.46. The van der Waals surface area contributed by atoms with Gasteiger partial charge in [0.05, 0.1) is 7.11 Å². The number of aryl methyl sites for hydroxylation is 1. The summed E-state index contributed by atoms with van der Waals surface area (Å²) in [5.74, 6) is 0.986. The first kappa shape index (κ1) is 14.6. The van der Waals surface area contributed by atoms with Crippen LogP contribution in [-0.2, 0) is 11.2 Å². The molecule has 0 saturated heterocycles. The van der Waals surface area contributed by atoms with Crippen LogP contribution >= 0.6 is 0 Å². The van der Waals surface area contributed by atoms with Crippen molar-refractivity contribution >= 4 is 5.91 Å². The van der Waals surface area contributed by atoms with Crippen molar-refractivity contribution in [1.82, 2.24) is 5.32 Å². The molecule has 1 N–H and O–H groups in total. The fraction of sp³-hybridized carbons (Fsp3) is 0.533. The first-order valence-electron chi connectivity index (χ1n) is 6.34. The van der Waals surface area contributed by atoms with Crippen molar-refractivity contribution in [3.05, 3.63) is 29.8 Å². The number of benzene rings is 1. The van der Waals surface area contributed by atoms with Gasteiger partial charge in [0.15, 0.2) is 0 Å². The molecule has 1 amide bonds. The van der Waals surface area contributed by atoms with Gasteiger partial charge in [-0.25, -0.2) is 0 Å². The molecule has 0 aliphatic carbocycles. The molecule has 3 heteroatoms. The Bertz CT molecular complexity index is 394. The predicted molar refractivity (Wildman–Crippen MR) is 73.8 cm³/mol. The number of nitrogens with one attached hydrogen (secondary N) is 1. The third kappa shape index (κ3) is 4.78. The molecule has 0 aromatic heterocycles. The number of methoxy groups -OCH3 is 1. The lowest BCUT2D eigenvalue weighted by Crippen LogP contribution is -2.35. The van der Waals surface area contributed by atoms with E-state index in [0.29, 0.717) is 6.54 Å². The third-order valence-corrected chi connectivity index (χ3v) is 2.74. The Morgan fingerprint density at radius 1 is 1.33 bits per heavy atom. The van der Waals surface area contributed by atoms with Crippen molar-refractivity contribution in [1.29, 1.82) is 0 Å². The number of ether oxygens (including phenoxy) is 1. The van der Waals surface area contributed by atoms with Crippen LogP contribution in [0.1, 0.15) is 32.8 Å². The second-order valence-corrected chi connectivity index (χ2v) is 5.46. The Balaban J connectivity index is 2.32. The number of amides is 1. The normalized spacial score (nSPS) is 11.1. The number of hydrogen-bond donors (Lipinski definition) is 1. The molecule has 0 heterocycles. The average Bonchev–Trinajstić information content (AvgIpc) is 2.33. The van der Waals surface area contributed by atoms with Gasteiger partial charge in [-0.1, -0.05) is 32.9 Å². The largest absolute Gasteiger partial charge is 0.497 e. The van der Waals surface area contributed by atoms with E-state index in [-0.39, 0.29) is 11.3 Å². The number of hydrogen-bond acceptors (Lipinski definition) is 2. The molecule has 1 aromatic rings. The van der Waals surface area contributed by atoms with E-state index in [9.17, 15) is 4.79 Å². The number of rotatable bonds is 5. The van der Waals surface area contributed by atoms with Crippen LogP contribution in [0.25, 0.3) is 0 Å². The molecule has 0 radical (unpaired) electrons. The van der Waals surface area contributed by atoms with Crippen LogP contribution in [0.2, 0.25) is 0 Å². The maximum atomic E-state index is 11.6.